The van der Waals surface area contributed by atoms with E-state index in [4.69, 9.17) is 11.6 Å². The van der Waals surface area contributed by atoms with Gasteiger partial charge in [-0.3, -0.25) is 14.2 Å². The molecule has 2 aromatic heterocycles. The molecule has 28 heavy (non-hydrogen) atoms. The van der Waals surface area contributed by atoms with Gasteiger partial charge in [0.2, 0.25) is 5.91 Å². The van der Waals surface area contributed by atoms with Crippen molar-refractivity contribution in [3.63, 3.8) is 0 Å². The molecular formula is C21H22ClN3O2S. The van der Waals surface area contributed by atoms with Gasteiger partial charge in [-0.1, -0.05) is 43.0 Å². The smallest absolute Gasteiger partial charge is 0.263 e. The van der Waals surface area contributed by atoms with Crippen LogP contribution in [-0.4, -0.2) is 21.5 Å². The van der Waals surface area contributed by atoms with Crippen LogP contribution in [0.2, 0.25) is 5.02 Å². The molecule has 1 fully saturated rings. The average molecular weight is 416 g/mol. The minimum absolute atomic E-state index is 0.00672. The molecule has 1 saturated carbocycles. The maximum Gasteiger partial charge on any atom is 0.263 e. The summed E-state index contributed by atoms with van der Waals surface area (Å²) >= 11 is 7.49. The first-order valence-corrected chi connectivity index (χ1v) is 10.8. The van der Waals surface area contributed by atoms with E-state index in [-0.39, 0.29) is 24.1 Å². The number of nitrogens with one attached hydrogen (secondary N) is 1. The molecule has 4 rings (SSSR count). The Morgan fingerprint density at radius 1 is 1.25 bits per heavy atom. The molecule has 0 saturated heterocycles. The Bertz CT molecular complexity index is 1070. The van der Waals surface area contributed by atoms with E-state index >= 15 is 0 Å². The second kappa shape index (κ2) is 8.05. The van der Waals surface area contributed by atoms with Crippen LogP contribution in [0.1, 0.15) is 37.0 Å². The SMILES string of the molecule is Cc1sc2ncn(CC(=O)NC3CCCCC3)c(=O)c2c1-c1ccc(Cl)cc1. The van der Waals surface area contributed by atoms with E-state index in [1.807, 2.05) is 31.2 Å². The predicted octanol–water partition coefficient (Wildman–Crippen LogP) is 4.54. The van der Waals surface area contributed by atoms with Gasteiger partial charge in [0.05, 0.1) is 11.7 Å². The summed E-state index contributed by atoms with van der Waals surface area (Å²) in [5.74, 6) is -0.129. The number of rotatable bonds is 4. The van der Waals surface area contributed by atoms with E-state index in [0.717, 1.165) is 41.7 Å². The zero-order valence-corrected chi connectivity index (χ0v) is 17.3. The summed E-state index contributed by atoms with van der Waals surface area (Å²) in [5.41, 5.74) is 1.62. The summed E-state index contributed by atoms with van der Waals surface area (Å²) in [6.07, 6.45) is 7.04. The van der Waals surface area contributed by atoms with Crippen molar-refractivity contribution in [3.05, 3.63) is 50.8 Å². The zero-order chi connectivity index (χ0) is 19.7. The van der Waals surface area contributed by atoms with Crippen molar-refractivity contribution in [2.75, 3.05) is 0 Å². The monoisotopic (exact) mass is 415 g/mol. The summed E-state index contributed by atoms with van der Waals surface area (Å²) in [7, 11) is 0. The van der Waals surface area contributed by atoms with Gasteiger partial charge in [-0.2, -0.15) is 0 Å². The van der Waals surface area contributed by atoms with Crippen LogP contribution >= 0.6 is 22.9 Å². The summed E-state index contributed by atoms with van der Waals surface area (Å²) < 4.78 is 1.41. The zero-order valence-electron chi connectivity index (χ0n) is 15.7. The van der Waals surface area contributed by atoms with Gasteiger partial charge in [0.15, 0.2) is 0 Å². The molecule has 0 atom stereocenters. The lowest BCUT2D eigenvalue weighted by Gasteiger charge is -2.22. The topological polar surface area (TPSA) is 64.0 Å². The van der Waals surface area contributed by atoms with Crippen molar-refractivity contribution < 1.29 is 4.79 Å². The summed E-state index contributed by atoms with van der Waals surface area (Å²) in [6, 6.07) is 7.66. The first kappa shape index (κ1) is 19.2. The Kier molecular flexibility index (Phi) is 5.51. The second-order valence-corrected chi connectivity index (χ2v) is 8.94. The molecular weight excluding hydrogens is 394 g/mol. The van der Waals surface area contributed by atoms with Crippen molar-refractivity contribution >= 4 is 39.1 Å². The fourth-order valence-corrected chi connectivity index (χ4v) is 5.02. The first-order chi connectivity index (χ1) is 13.5. The highest BCUT2D eigenvalue weighted by molar-refractivity contribution is 7.19. The molecule has 1 N–H and O–H groups in total. The lowest BCUT2D eigenvalue weighted by Crippen LogP contribution is -2.39. The Labute approximate surface area is 172 Å². The molecule has 0 spiro atoms. The molecule has 7 heteroatoms. The third kappa shape index (κ3) is 3.84. The number of halogens is 1. The Morgan fingerprint density at radius 2 is 1.96 bits per heavy atom. The molecule has 0 bridgehead atoms. The quantitative estimate of drug-likeness (QED) is 0.680. The lowest BCUT2D eigenvalue weighted by molar-refractivity contribution is -0.122. The van der Waals surface area contributed by atoms with Crippen LogP contribution in [-0.2, 0) is 11.3 Å². The van der Waals surface area contributed by atoms with Gasteiger partial charge in [0.25, 0.3) is 5.56 Å². The maximum atomic E-state index is 13.2. The van der Waals surface area contributed by atoms with Gasteiger partial charge in [-0.15, -0.1) is 11.3 Å². The van der Waals surface area contributed by atoms with Crippen molar-refractivity contribution in [3.8, 4) is 11.1 Å². The third-order valence-corrected chi connectivity index (χ3v) is 6.54. The van der Waals surface area contributed by atoms with E-state index < -0.39 is 0 Å². The molecule has 1 aliphatic rings. The molecule has 0 unspecified atom stereocenters. The summed E-state index contributed by atoms with van der Waals surface area (Å²) in [6.45, 7) is 1.98. The molecule has 1 aromatic carbocycles. The van der Waals surface area contributed by atoms with Crippen LogP contribution in [0, 0.1) is 6.92 Å². The number of carbonyl (C=O) groups excluding carboxylic acids is 1. The summed E-state index contributed by atoms with van der Waals surface area (Å²) in [5, 5.41) is 4.28. The van der Waals surface area contributed by atoms with E-state index in [9.17, 15) is 9.59 Å². The van der Waals surface area contributed by atoms with Gasteiger partial charge < -0.3 is 5.32 Å². The fourth-order valence-electron chi connectivity index (χ4n) is 3.89. The van der Waals surface area contributed by atoms with Crippen molar-refractivity contribution in [2.24, 2.45) is 0 Å². The number of hydrogen-bond donors (Lipinski definition) is 1. The van der Waals surface area contributed by atoms with E-state index in [2.05, 4.69) is 10.3 Å². The lowest BCUT2D eigenvalue weighted by atomic mass is 9.95. The van der Waals surface area contributed by atoms with Crippen LogP contribution in [0.15, 0.2) is 35.4 Å². The number of amides is 1. The van der Waals surface area contributed by atoms with E-state index in [1.165, 1.54) is 28.7 Å². The molecule has 0 aliphatic heterocycles. The Morgan fingerprint density at radius 3 is 2.68 bits per heavy atom. The Balaban J connectivity index is 1.66. The van der Waals surface area contributed by atoms with Crippen LogP contribution < -0.4 is 10.9 Å². The van der Waals surface area contributed by atoms with Gasteiger partial charge in [-0.05, 0) is 37.5 Å². The molecule has 2 heterocycles. The van der Waals surface area contributed by atoms with Crippen molar-refractivity contribution in [2.45, 2.75) is 51.6 Å². The number of carbonyl (C=O) groups is 1. The highest BCUT2D eigenvalue weighted by Crippen LogP contribution is 2.35. The van der Waals surface area contributed by atoms with Crippen LogP contribution in [0.5, 0.6) is 0 Å². The van der Waals surface area contributed by atoms with Gasteiger partial charge in [0.1, 0.15) is 11.4 Å². The van der Waals surface area contributed by atoms with Crippen LogP contribution in [0.4, 0.5) is 0 Å². The van der Waals surface area contributed by atoms with Gasteiger partial charge in [-0.25, -0.2) is 4.98 Å². The van der Waals surface area contributed by atoms with E-state index in [1.54, 1.807) is 0 Å². The molecule has 1 amide bonds. The number of benzene rings is 1. The van der Waals surface area contributed by atoms with Crippen molar-refractivity contribution in [1.29, 1.82) is 0 Å². The molecule has 146 valence electrons. The largest absolute Gasteiger partial charge is 0.352 e. The number of aryl methyl sites for hydroxylation is 1. The number of nitrogens with zero attached hydrogens (tertiary/aromatic N) is 2. The maximum absolute atomic E-state index is 13.2. The van der Waals surface area contributed by atoms with Crippen molar-refractivity contribution in [1.82, 2.24) is 14.9 Å². The van der Waals surface area contributed by atoms with E-state index in [0.29, 0.717) is 15.2 Å². The Hall–Kier alpha value is -2.18. The fraction of sp³-hybridized carbons (Fsp3) is 0.381. The molecule has 1 aliphatic carbocycles. The second-order valence-electron chi connectivity index (χ2n) is 7.30. The van der Waals surface area contributed by atoms with Gasteiger partial charge >= 0.3 is 0 Å². The van der Waals surface area contributed by atoms with Crippen LogP contribution in [0.25, 0.3) is 21.3 Å². The minimum atomic E-state index is -0.182. The summed E-state index contributed by atoms with van der Waals surface area (Å²) in [4.78, 5) is 31.8. The highest BCUT2D eigenvalue weighted by atomic mass is 35.5. The minimum Gasteiger partial charge on any atom is -0.352 e. The highest BCUT2D eigenvalue weighted by Gasteiger charge is 2.19. The van der Waals surface area contributed by atoms with Crippen LogP contribution in [0.3, 0.4) is 0 Å². The third-order valence-electron chi connectivity index (χ3n) is 5.27. The normalized spacial score (nSPS) is 15.1. The number of hydrogen-bond acceptors (Lipinski definition) is 4. The molecule has 3 aromatic rings. The number of fused-ring (bicyclic) bond motifs is 1. The predicted molar refractivity (Wildman–Crippen MR) is 114 cm³/mol. The number of aromatic nitrogens is 2. The standard InChI is InChI=1S/C21H22ClN3O2S/c1-13-18(14-7-9-15(22)10-8-14)19-20(28-13)23-12-25(21(19)27)11-17(26)24-16-5-3-2-4-6-16/h7-10,12,16H,2-6,11H2,1H3,(H,24,26). The average Bonchev–Trinajstić information content (AvgIpc) is 3.02. The number of thiophene rings is 1. The molecule has 5 nitrogen and oxygen atoms in total. The molecule has 0 radical (unpaired) electrons. The first-order valence-electron chi connectivity index (χ1n) is 9.57. The van der Waals surface area contributed by atoms with Gasteiger partial charge in [0, 0.05) is 21.5 Å².